The lowest BCUT2D eigenvalue weighted by Gasteiger charge is -2.17. The van der Waals surface area contributed by atoms with Crippen LogP contribution in [0.5, 0.6) is 0 Å². The number of nitrogens with one attached hydrogen (secondary N) is 1. The topological polar surface area (TPSA) is 67.2 Å². The number of halogens is 1. The van der Waals surface area contributed by atoms with Crippen LogP contribution in [0, 0.1) is 12.7 Å². The maximum atomic E-state index is 13.6. The molecule has 122 valence electrons. The van der Waals surface area contributed by atoms with Crippen molar-refractivity contribution < 1.29 is 14.0 Å². The standard InChI is InChI=1S/C16H19FN4O2/c1-11-8-14(19-21(11)3)16(23)18-9-15(22)20(2)10-12-6-4-5-7-13(12)17/h4-8H,9-10H2,1-3H3,(H,18,23). The van der Waals surface area contributed by atoms with Gasteiger partial charge in [-0.05, 0) is 19.1 Å². The second-order valence-corrected chi connectivity index (χ2v) is 5.32. The Labute approximate surface area is 133 Å². The molecule has 0 aliphatic rings. The summed E-state index contributed by atoms with van der Waals surface area (Å²) in [5.41, 5.74) is 1.53. The number of aromatic nitrogens is 2. The number of carbonyl (C=O) groups excluding carboxylic acids is 2. The van der Waals surface area contributed by atoms with Gasteiger partial charge in [-0.15, -0.1) is 0 Å². The lowest BCUT2D eigenvalue weighted by Crippen LogP contribution is -2.38. The summed E-state index contributed by atoms with van der Waals surface area (Å²) in [5.74, 6) is -1.09. The number of rotatable bonds is 5. The maximum absolute atomic E-state index is 13.6. The fourth-order valence-electron chi connectivity index (χ4n) is 2.02. The van der Waals surface area contributed by atoms with Gasteiger partial charge in [0.2, 0.25) is 5.91 Å². The molecule has 0 spiro atoms. The first-order chi connectivity index (χ1) is 10.9. The van der Waals surface area contributed by atoms with Gasteiger partial charge in [0.15, 0.2) is 0 Å². The number of hydrogen-bond donors (Lipinski definition) is 1. The molecule has 0 aliphatic carbocycles. The van der Waals surface area contributed by atoms with Crippen molar-refractivity contribution in [3.63, 3.8) is 0 Å². The van der Waals surface area contributed by atoms with Crippen molar-refractivity contribution in [1.29, 1.82) is 0 Å². The van der Waals surface area contributed by atoms with Crippen LogP contribution in [0.1, 0.15) is 21.7 Å². The zero-order valence-corrected chi connectivity index (χ0v) is 13.3. The van der Waals surface area contributed by atoms with Gasteiger partial charge in [0.25, 0.3) is 5.91 Å². The van der Waals surface area contributed by atoms with Crippen molar-refractivity contribution in [2.24, 2.45) is 7.05 Å². The van der Waals surface area contributed by atoms with E-state index in [2.05, 4.69) is 10.4 Å². The number of carbonyl (C=O) groups is 2. The van der Waals surface area contributed by atoms with E-state index in [4.69, 9.17) is 0 Å². The van der Waals surface area contributed by atoms with Crippen LogP contribution in [-0.2, 0) is 18.4 Å². The highest BCUT2D eigenvalue weighted by Crippen LogP contribution is 2.08. The molecule has 0 unspecified atom stereocenters. The van der Waals surface area contributed by atoms with Gasteiger partial charge in [-0.3, -0.25) is 14.3 Å². The van der Waals surface area contributed by atoms with E-state index >= 15 is 0 Å². The molecule has 1 aromatic carbocycles. The summed E-state index contributed by atoms with van der Waals surface area (Å²) in [4.78, 5) is 25.3. The highest BCUT2D eigenvalue weighted by atomic mass is 19.1. The molecule has 0 aliphatic heterocycles. The molecule has 0 radical (unpaired) electrons. The molecule has 2 aromatic rings. The van der Waals surface area contributed by atoms with Gasteiger partial charge in [-0.2, -0.15) is 5.10 Å². The summed E-state index contributed by atoms with van der Waals surface area (Å²) in [6.07, 6.45) is 0. The van der Waals surface area contributed by atoms with Crippen LogP contribution in [0.15, 0.2) is 30.3 Å². The molecule has 1 N–H and O–H groups in total. The van der Waals surface area contributed by atoms with Crippen LogP contribution in [-0.4, -0.2) is 40.1 Å². The average molecular weight is 318 g/mol. The van der Waals surface area contributed by atoms with Crippen molar-refractivity contribution in [1.82, 2.24) is 20.0 Å². The minimum Gasteiger partial charge on any atom is -0.342 e. The molecule has 0 saturated carbocycles. The van der Waals surface area contributed by atoms with Crippen molar-refractivity contribution >= 4 is 11.8 Å². The minimum absolute atomic E-state index is 0.143. The van der Waals surface area contributed by atoms with Crippen molar-refractivity contribution in [2.45, 2.75) is 13.5 Å². The summed E-state index contributed by atoms with van der Waals surface area (Å²) in [5, 5.41) is 6.56. The van der Waals surface area contributed by atoms with Crippen LogP contribution < -0.4 is 5.32 Å². The summed E-state index contributed by atoms with van der Waals surface area (Å²) in [6.45, 7) is 1.81. The van der Waals surface area contributed by atoms with Gasteiger partial charge < -0.3 is 10.2 Å². The van der Waals surface area contributed by atoms with Crippen LogP contribution in [0.2, 0.25) is 0 Å². The first kappa shape index (κ1) is 16.7. The highest BCUT2D eigenvalue weighted by Gasteiger charge is 2.15. The van der Waals surface area contributed by atoms with E-state index in [0.29, 0.717) is 5.56 Å². The summed E-state index contributed by atoms with van der Waals surface area (Å²) in [7, 11) is 3.30. The Balaban J connectivity index is 1.89. The predicted octanol–water partition coefficient (Wildman–Crippen LogP) is 1.26. The van der Waals surface area contributed by atoms with E-state index < -0.39 is 5.91 Å². The molecule has 1 heterocycles. The Bertz CT molecular complexity index is 707. The third-order valence-electron chi connectivity index (χ3n) is 3.54. The third kappa shape index (κ3) is 4.15. The maximum Gasteiger partial charge on any atom is 0.272 e. The molecule has 7 heteroatoms. The fourth-order valence-corrected chi connectivity index (χ4v) is 2.02. The average Bonchev–Trinajstić information content (AvgIpc) is 2.86. The molecule has 0 saturated heterocycles. The minimum atomic E-state index is -0.415. The molecule has 2 amide bonds. The summed E-state index contributed by atoms with van der Waals surface area (Å²) >= 11 is 0. The Morgan fingerprint density at radius 3 is 2.65 bits per heavy atom. The van der Waals surface area contributed by atoms with E-state index in [0.717, 1.165) is 5.69 Å². The third-order valence-corrected chi connectivity index (χ3v) is 3.54. The Morgan fingerprint density at radius 1 is 1.35 bits per heavy atom. The van der Waals surface area contributed by atoms with Gasteiger partial charge in [0, 0.05) is 31.9 Å². The molecule has 1 aromatic heterocycles. The molecule has 6 nitrogen and oxygen atoms in total. The number of benzene rings is 1. The van der Waals surface area contributed by atoms with Crippen molar-refractivity contribution in [3.05, 3.63) is 53.1 Å². The molecule has 0 bridgehead atoms. The zero-order valence-electron chi connectivity index (χ0n) is 13.3. The number of aryl methyl sites for hydroxylation is 2. The second-order valence-electron chi connectivity index (χ2n) is 5.32. The lowest BCUT2D eigenvalue weighted by atomic mass is 10.2. The van der Waals surface area contributed by atoms with Crippen LogP contribution in [0.3, 0.4) is 0 Å². The number of nitrogens with zero attached hydrogens (tertiary/aromatic N) is 3. The lowest BCUT2D eigenvalue weighted by molar-refractivity contribution is -0.129. The van der Waals surface area contributed by atoms with Gasteiger partial charge in [0.05, 0.1) is 6.54 Å². The van der Waals surface area contributed by atoms with E-state index in [9.17, 15) is 14.0 Å². The van der Waals surface area contributed by atoms with Gasteiger partial charge in [0.1, 0.15) is 11.5 Å². The summed E-state index contributed by atoms with van der Waals surface area (Å²) in [6, 6.07) is 7.91. The number of hydrogen-bond acceptors (Lipinski definition) is 3. The quantitative estimate of drug-likeness (QED) is 0.902. The van der Waals surface area contributed by atoms with Gasteiger partial charge in [-0.1, -0.05) is 18.2 Å². The molecular formula is C16H19FN4O2. The largest absolute Gasteiger partial charge is 0.342 e. The zero-order chi connectivity index (χ0) is 17.0. The van der Waals surface area contributed by atoms with Crippen LogP contribution in [0.4, 0.5) is 4.39 Å². The van der Waals surface area contributed by atoms with Crippen LogP contribution >= 0.6 is 0 Å². The fraction of sp³-hybridized carbons (Fsp3) is 0.312. The number of amides is 2. The molecule has 0 atom stereocenters. The number of likely N-dealkylation sites (N-methyl/N-ethyl adjacent to an activating group) is 1. The van der Waals surface area contributed by atoms with Gasteiger partial charge in [-0.25, -0.2) is 4.39 Å². The predicted molar refractivity (Wildman–Crippen MR) is 83.2 cm³/mol. The SMILES string of the molecule is Cc1cc(C(=O)NCC(=O)N(C)Cc2ccccc2F)nn1C. The Kier molecular flexibility index (Phi) is 5.10. The van der Waals surface area contributed by atoms with Crippen molar-refractivity contribution in [3.8, 4) is 0 Å². The smallest absolute Gasteiger partial charge is 0.272 e. The van der Waals surface area contributed by atoms with Crippen LogP contribution in [0.25, 0.3) is 0 Å². The Morgan fingerprint density at radius 2 is 2.04 bits per heavy atom. The van der Waals surface area contributed by atoms with E-state index in [-0.39, 0.29) is 30.5 Å². The van der Waals surface area contributed by atoms with E-state index in [1.54, 1.807) is 43.0 Å². The Hall–Kier alpha value is -2.70. The van der Waals surface area contributed by atoms with Gasteiger partial charge >= 0.3 is 0 Å². The van der Waals surface area contributed by atoms with E-state index in [1.807, 2.05) is 6.92 Å². The first-order valence-electron chi connectivity index (χ1n) is 7.14. The first-order valence-corrected chi connectivity index (χ1v) is 7.14. The molecule has 0 fully saturated rings. The normalized spacial score (nSPS) is 10.4. The van der Waals surface area contributed by atoms with Crippen molar-refractivity contribution in [2.75, 3.05) is 13.6 Å². The molecular weight excluding hydrogens is 299 g/mol. The second kappa shape index (κ2) is 7.04. The highest BCUT2D eigenvalue weighted by molar-refractivity contribution is 5.94. The van der Waals surface area contributed by atoms with E-state index in [1.165, 1.54) is 11.0 Å². The molecule has 23 heavy (non-hydrogen) atoms. The molecule has 2 rings (SSSR count). The monoisotopic (exact) mass is 318 g/mol. The summed E-state index contributed by atoms with van der Waals surface area (Å²) < 4.78 is 15.2.